The number of carbonyl (C=O) groups is 1. The summed E-state index contributed by atoms with van der Waals surface area (Å²) in [7, 11) is 0. The van der Waals surface area contributed by atoms with E-state index in [0.717, 1.165) is 12.0 Å². The second kappa shape index (κ2) is 5.97. The Bertz CT molecular complexity index is 491. The fourth-order valence-corrected chi connectivity index (χ4v) is 1.59. The standard InChI is InChI=1S/C13H15N3O2/c14-7-5-10-1-3-11(4-2-10)9-15-13(17)12-6-8-18-16-12/h1-4,6,8H,5,7,9,14H2,(H,15,17). The molecule has 0 fully saturated rings. The fraction of sp³-hybridized carbons (Fsp3) is 0.231. The van der Waals surface area contributed by atoms with Gasteiger partial charge in [-0.3, -0.25) is 4.79 Å². The predicted octanol–water partition coefficient (Wildman–Crippen LogP) is 1.11. The van der Waals surface area contributed by atoms with Gasteiger partial charge in [0.2, 0.25) is 0 Å². The molecule has 0 atom stereocenters. The number of amides is 1. The second-order valence-corrected chi connectivity index (χ2v) is 3.92. The van der Waals surface area contributed by atoms with E-state index in [1.165, 1.54) is 17.9 Å². The van der Waals surface area contributed by atoms with Gasteiger partial charge in [0.15, 0.2) is 5.69 Å². The maximum atomic E-state index is 11.6. The molecular formula is C13H15N3O2. The Hall–Kier alpha value is -2.14. The van der Waals surface area contributed by atoms with E-state index in [1.54, 1.807) is 0 Å². The molecule has 0 radical (unpaired) electrons. The summed E-state index contributed by atoms with van der Waals surface area (Å²) in [6.45, 7) is 1.11. The summed E-state index contributed by atoms with van der Waals surface area (Å²) in [4.78, 5) is 11.6. The van der Waals surface area contributed by atoms with Crippen LogP contribution >= 0.6 is 0 Å². The smallest absolute Gasteiger partial charge is 0.273 e. The van der Waals surface area contributed by atoms with E-state index in [1.807, 2.05) is 24.3 Å². The van der Waals surface area contributed by atoms with Gasteiger partial charge in [-0.1, -0.05) is 29.4 Å². The van der Waals surface area contributed by atoms with Crippen LogP contribution in [0, 0.1) is 0 Å². The molecule has 0 saturated carbocycles. The number of rotatable bonds is 5. The van der Waals surface area contributed by atoms with E-state index >= 15 is 0 Å². The molecule has 1 amide bonds. The van der Waals surface area contributed by atoms with Gasteiger partial charge in [-0.25, -0.2) is 0 Å². The maximum absolute atomic E-state index is 11.6. The molecule has 2 aromatic rings. The third-order valence-electron chi connectivity index (χ3n) is 2.58. The first-order valence-electron chi connectivity index (χ1n) is 5.76. The number of aromatic nitrogens is 1. The summed E-state index contributed by atoms with van der Waals surface area (Å²) in [6.07, 6.45) is 2.24. The molecule has 18 heavy (non-hydrogen) atoms. The second-order valence-electron chi connectivity index (χ2n) is 3.92. The van der Waals surface area contributed by atoms with Crippen molar-refractivity contribution >= 4 is 5.91 Å². The number of nitrogens with zero attached hydrogens (tertiary/aromatic N) is 1. The maximum Gasteiger partial charge on any atom is 0.273 e. The molecule has 2 rings (SSSR count). The Labute approximate surface area is 105 Å². The first-order chi connectivity index (χ1) is 8.79. The van der Waals surface area contributed by atoms with Gasteiger partial charge in [0, 0.05) is 12.6 Å². The van der Waals surface area contributed by atoms with Gasteiger partial charge < -0.3 is 15.6 Å². The molecule has 1 aromatic carbocycles. The SMILES string of the molecule is NCCc1ccc(CNC(=O)c2ccon2)cc1. The Morgan fingerprint density at radius 3 is 2.56 bits per heavy atom. The van der Waals surface area contributed by atoms with Gasteiger partial charge in [-0.05, 0) is 24.1 Å². The first kappa shape index (κ1) is 12.3. The van der Waals surface area contributed by atoms with Gasteiger partial charge in [0.25, 0.3) is 5.91 Å². The van der Waals surface area contributed by atoms with Crippen LogP contribution in [0.1, 0.15) is 21.6 Å². The molecule has 3 N–H and O–H groups in total. The molecule has 1 aromatic heterocycles. The molecule has 0 aliphatic heterocycles. The van der Waals surface area contributed by atoms with E-state index in [9.17, 15) is 4.79 Å². The lowest BCUT2D eigenvalue weighted by atomic mass is 10.1. The minimum Gasteiger partial charge on any atom is -0.364 e. The zero-order valence-corrected chi connectivity index (χ0v) is 9.93. The summed E-state index contributed by atoms with van der Waals surface area (Å²) in [6, 6.07) is 9.52. The van der Waals surface area contributed by atoms with Crippen molar-refractivity contribution in [2.75, 3.05) is 6.54 Å². The van der Waals surface area contributed by atoms with Crippen LogP contribution in [0.5, 0.6) is 0 Å². The van der Waals surface area contributed by atoms with Crippen LogP contribution in [0.4, 0.5) is 0 Å². The molecule has 0 aliphatic carbocycles. The van der Waals surface area contributed by atoms with E-state index in [4.69, 9.17) is 5.73 Å². The van der Waals surface area contributed by atoms with Crippen molar-refractivity contribution in [3.8, 4) is 0 Å². The van der Waals surface area contributed by atoms with Gasteiger partial charge in [-0.15, -0.1) is 0 Å². The molecule has 0 bridgehead atoms. The van der Waals surface area contributed by atoms with E-state index in [0.29, 0.717) is 13.1 Å². The molecule has 0 unspecified atom stereocenters. The third-order valence-corrected chi connectivity index (χ3v) is 2.58. The summed E-state index contributed by atoms with van der Waals surface area (Å²) in [5.74, 6) is -0.241. The van der Waals surface area contributed by atoms with Crippen molar-refractivity contribution in [2.45, 2.75) is 13.0 Å². The van der Waals surface area contributed by atoms with E-state index in [-0.39, 0.29) is 11.6 Å². The van der Waals surface area contributed by atoms with Crippen molar-refractivity contribution < 1.29 is 9.32 Å². The Kier molecular flexibility index (Phi) is 4.09. The highest BCUT2D eigenvalue weighted by molar-refractivity contribution is 5.91. The van der Waals surface area contributed by atoms with E-state index < -0.39 is 0 Å². The number of nitrogens with one attached hydrogen (secondary N) is 1. The van der Waals surface area contributed by atoms with Gasteiger partial charge in [-0.2, -0.15) is 0 Å². The summed E-state index contributed by atoms with van der Waals surface area (Å²) in [5, 5.41) is 6.33. The molecule has 0 saturated heterocycles. The largest absolute Gasteiger partial charge is 0.364 e. The van der Waals surface area contributed by atoms with Crippen LogP contribution in [0.15, 0.2) is 41.1 Å². The lowest BCUT2D eigenvalue weighted by Gasteiger charge is -2.04. The highest BCUT2D eigenvalue weighted by Crippen LogP contribution is 2.05. The lowest BCUT2D eigenvalue weighted by molar-refractivity contribution is 0.0942. The molecule has 5 nitrogen and oxygen atoms in total. The minimum absolute atomic E-state index is 0.241. The van der Waals surface area contributed by atoms with Gasteiger partial charge in [0.05, 0.1) is 0 Å². The van der Waals surface area contributed by atoms with Crippen LogP contribution in [-0.4, -0.2) is 17.6 Å². The predicted molar refractivity (Wildman–Crippen MR) is 66.9 cm³/mol. The Morgan fingerprint density at radius 1 is 1.22 bits per heavy atom. The molecule has 94 valence electrons. The summed E-state index contributed by atoms with van der Waals surface area (Å²) < 4.78 is 4.61. The molecule has 5 heteroatoms. The molecule has 1 heterocycles. The van der Waals surface area contributed by atoms with Crippen LogP contribution < -0.4 is 11.1 Å². The van der Waals surface area contributed by atoms with Crippen LogP contribution in [0.2, 0.25) is 0 Å². The van der Waals surface area contributed by atoms with Gasteiger partial charge in [0.1, 0.15) is 6.26 Å². The molecular weight excluding hydrogens is 230 g/mol. The first-order valence-corrected chi connectivity index (χ1v) is 5.76. The highest BCUT2D eigenvalue weighted by Gasteiger charge is 2.07. The van der Waals surface area contributed by atoms with Gasteiger partial charge >= 0.3 is 0 Å². The van der Waals surface area contributed by atoms with Crippen LogP contribution in [0.25, 0.3) is 0 Å². The number of hydrogen-bond donors (Lipinski definition) is 2. The molecule has 0 spiro atoms. The topological polar surface area (TPSA) is 81.1 Å². The lowest BCUT2D eigenvalue weighted by Crippen LogP contribution is -2.23. The number of nitrogens with two attached hydrogens (primary N) is 1. The van der Waals surface area contributed by atoms with Crippen molar-refractivity contribution in [2.24, 2.45) is 5.73 Å². The van der Waals surface area contributed by atoms with E-state index in [2.05, 4.69) is 15.0 Å². The highest BCUT2D eigenvalue weighted by atomic mass is 16.5. The van der Waals surface area contributed by atoms with Crippen molar-refractivity contribution in [1.29, 1.82) is 0 Å². The average molecular weight is 245 g/mol. The Balaban J connectivity index is 1.88. The zero-order valence-electron chi connectivity index (χ0n) is 9.93. The fourth-order valence-electron chi connectivity index (χ4n) is 1.59. The third kappa shape index (κ3) is 3.18. The quantitative estimate of drug-likeness (QED) is 0.826. The van der Waals surface area contributed by atoms with Crippen LogP contribution in [-0.2, 0) is 13.0 Å². The van der Waals surface area contributed by atoms with Crippen molar-refractivity contribution in [1.82, 2.24) is 10.5 Å². The van der Waals surface area contributed by atoms with Crippen LogP contribution in [0.3, 0.4) is 0 Å². The number of carbonyl (C=O) groups excluding carboxylic acids is 1. The monoisotopic (exact) mass is 245 g/mol. The van der Waals surface area contributed by atoms with Crippen molar-refractivity contribution in [3.05, 3.63) is 53.4 Å². The zero-order chi connectivity index (χ0) is 12.8. The number of benzene rings is 1. The minimum atomic E-state index is -0.241. The van der Waals surface area contributed by atoms with Crippen molar-refractivity contribution in [3.63, 3.8) is 0 Å². The number of hydrogen-bond acceptors (Lipinski definition) is 4. The normalized spacial score (nSPS) is 10.3. The average Bonchev–Trinajstić information content (AvgIpc) is 2.92. The Morgan fingerprint density at radius 2 is 1.94 bits per heavy atom. The molecule has 0 aliphatic rings. The summed E-state index contributed by atoms with van der Waals surface area (Å²) >= 11 is 0. The summed E-state index contributed by atoms with van der Waals surface area (Å²) in [5.41, 5.74) is 8.00.